The van der Waals surface area contributed by atoms with Gasteiger partial charge in [-0.1, -0.05) is 17.8 Å². The molecule has 21 heavy (non-hydrogen) atoms. The van der Waals surface area contributed by atoms with Gasteiger partial charge in [0.05, 0.1) is 0 Å². The first-order chi connectivity index (χ1) is 9.92. The predicted octanol–water partition coefficient (Wildman–Crippen LogP) is 2.05. The fourth-order valence-corrected chi connectivity index (χ4v) is 3.23. The van der Waals surface area contributed by atoms with E-state index in [2.05, 4.69) is 15.5 Å². The van der Waals surface area contributed by atoms with Crippen molar-refractivity contribution in [3.8, 4) is 0 Å². The number of aliphatic carboxylic acids is 1. The number of hydrogen-bond donors (Lipinski definition) is 2. The molecule has 2 aromatic heterocycles. The Hall–Kier alpha value is -1.60. The molecule has 6 nitrogen and oxygen atoms in total. The Morgan fingerprint density at radius 2 is 2.24 bits per heavy atom. The number of rotatable bonds is 7. The van der Waals surface area contributed by atoms with Crippen LogP contribution in [0, 0.1) is 0 Å². The molecule has 0 saturated carbocycles. The van der Waals surface area contributed by atoms with Crippen molar-refractivity contribution in [2.24, 2.45) is 0 Å². The van der Waals surface area contributed by atoms with E-state index in [-0.39, 0.29) is 6.04 Å². The number of carboxylic acid groups (broad SMARTS) is 1. The Labute approximate surface area is 128 Å². The average Bonchev–Trinajstić information content (AvgIpc) is 2.81. The number of carbonyl (C=O) groups is 1. The largest absolute Gasteiger partial charge is 0.480 e. The minimum Gasteiger partial charge on any atom is -0.480 e. The molecule has 1 atom stereocenters. The van der Waals surface area contributed by atoms with Crippen LogP contribution in [0.1, 0.15) is 27.2 Å². The lowest BCUT2D eigenvalue weighted by atomic mass is 9.98. The van der Waals surface area contributed by atoms with Crippen LogP contribution in [0.5, 0.6) is 0 Å². The highest BCUT2D eigenvalue weighted by atomic mass is 32.2. The van der Waals surface area contributed by atoms with Crippen LogP contribution in [-0.4, -0.2) is 43.0 Å². The molecule has 7 heteroatoms. The van der Waals surface area contributed by atoms with Gasteiger partial charge in [0.2, 0.25) is 0 Å². The Kier molecular flexibility index (Phi) is 4.84. The van der Waals surface area contributed by atoms with Crippen molar-refractivity contribution in [2.45, 2.75) is 43.9 Å². The zero-order chi connectivity index (χ0) is 15.5. The van der Waals surface area contributed by atoms with Gasteiger partial charge in [-0.05, 0) is 39.3 Å². The molecule has 2 aromatic rings. The Morgan fingerprint density at radius 1 is 1.48 bits per heavy atom. The molecular formula is C14H20N4O2S. The van der Waals surface area contributed by atoms with Gasteiger partial charge >= 0.3 is 5.97 Å². The molecule has 0 aliphatic carbocycles. The van der Waals surface area contributed by atoms with Crippen LogP contribution in [0.2, 0.25) is 0 Å². The van der Waals surface area contributed by atoms with E-state index in [1.54, 1.807) is 6.92 Å². The maximum Gasteiger partial charge on any atom is 0.323 e. The molecule has 0 saturated heterocycles. The van der Waals surface area contributed by atoms with E-state index in [0.717, 1.165) is 10.8 Å². The summed E-state index contributed by atoms with van der Waals surface area (Å²) in [5.41, 5.74) is -0.136. The fourth-order valence-electron chi connectivity index (χ4n) is 2.14. The van der Waals surface area contributed by atoms with E-state index < -0.39 is 11.5 Å². The molecule has 2 rings (SSSR count). The van der Waals surface area contributed by atoms with Crippen molar-refractivity contribution >= 4 is 23.4 Å². The highest BCUT2D eigenvalue weighted by molar-refractivity contribution is 7.99. The number of hydrogen-bond acceptors (Lipinski definition) is 5. The number of aromatic nitrogens is 3. The van der Waals surface area contributed by atoms with E-state index in [0.29, 0.717) is 12.2 Å². The second kappa shape index (κ2) is 6.44. The zero-order valence-corrected chi connectivity index (χ0v) is 13.2. The predicted molar refractivity (Wildman–Crippen MR) is 82.6 cm³/mol. The molecule has 0 radical (unpaired) electrons. The van der Waals surface area contributed by atoms with Gasteiger partial charge in [0, 0.05) is 18.0 Å². The van der Waals surface area contributed by atoms with Gasteiger partial charge in [-0.2, -0.15) is 0 Å². The first kappa shape index (κ1) is 15.8. The first-order valence-electron chi connectivity index (χ1n) is 6.86. The molecule has 0 bridgehead atoms. The Balaban J connectivity index is 2.01. The first-order valence-corrected chi connectivity index (χ1v) is 7.84. The van der Waals surface area contributed by atoms with Crippen LogP contribution in [0.25, 0.3) is 5.65 Å². The quantitative estimate of drug-likeness (QED) is 0.762. The number of fused-ring (bicyclic) bond motifs is 1. The van der Waals surface area contributed by atoms with Crippen molar-refractivity contribution < 1.29 is 9.90 Å². The average molecular weight is 308 g/mol. The number of nitrogens with one attached hydrogen (secondary N) is 1. The van der Waals surface area contributed by atoms with Crippen molar-refractivity contribution in [3.05, 3.63) is 24.4 Å². The third-order valence-electron chi connectivity index (χ3n) is 3.19. The third kappa shape index (κ3) is 3.74. The molecule has 2 N–H and O–H groups in total. The molecule has 0 spiro atoms. The van der Waals surface area contributed by atoms with Crippen molar-refractivity contribution in [1.29, 1.82) is 0 Å². The lowest BCUT2D eigenvalue weighted by Crippen LogP contribution is -2.52. The highest BCUT2D eigenvalue weighted by Crippen LogP contribution is 2.21. The van der Waals surface area contributed by atoms with Gasteiger partial charge < -0.3 is 5.11 Å². The summed E-state index contributed by atoms with van der Waals surface area (Å²) in [4.78, 5) is 11.5. The Morgan fingerprint density at radius 3 is 2.90 bits per heavy atom. The molecular weight excluding hydrogens is 288 g/mol. The number of thioether (sulfide) groups is 1. The summed E-state index contributed by atoms with van der Waals surface area (Å²) in [7, 11) is 0. The lowest BCUT2D eigenvalue weighted by molar-refractivity contribution is -0.144. The molecule has 114 valence electrons. The molecule has 1 unspecified atom stereocenters. The summed E-state index contributed by atoms with van der Waals surface area (Å²) in [6.07, 6.45) is 2.41. The summed E-state index contributed by atoms with van der Waals surface area (Å²) in [6.45, 7) is 5.61. The van der Waals surface area contributed by atoms with E-state index in [1.807, 2.05) is 42.6 Å². The maximum absolute atomic E-state index is 11.5. The normalized spacial score (nSPS) is 14.5. The second-order valence-corrected chi connectivity index (χ2v) is 6.51. The van der Waals surface area contributed by atoms with Crippen molar-refractivity contribution in [1.82, 2.24) is 19.9 Å². The van der Waals surface area contributed by atoms with Crippen LogP contribution in [0.4, 0.5) is 0 Å². The van der Waals surface area contributed by atoms with E-state index in [9.17, 15) is 9.90 Å². The van der Waals surface area contributed by atoms with Crippen LogP contribution < -0.4 is 5.32 Å². The summed E-state index contributed by atoms with van der Waals surface area (Å²) in [5, 5.41) is 21.5. The van der Waals surface area contributed by atoms with Gasteiger partial charge in [-0.15, -0.1) is 10.2 Å². The maximum atomic E-state index is 11.5. The standard InChI is InChI=1S/C14H20N4O2S/c1-10(2)15-14(3,12(19)20)7-9-21-13-17-16-11-6-4-5-8-18(11)13/h4-6,8,10,15H,7,9H2,1-3H3,(H,19,20). The monoisotopic (exact) mass is 308 g/mol. The number of pyridine rings is 1. The van der Waals surface area contributed by atoms with Crippen LogP contribution >= 0.6 is 11.8 Å². The minimum atomic E-state index is -0.929. The van der Waals surface area contributed by atoms with Crippen molar-refractivity contribution in [3.63, 3.8) is 0 Å². The molecule has 0 aliphatic heterocycles. The zero-order valence-electron chi connectivity index (χ0n) is 12.4. The summed E-state index contributed by atoms with van der Waals surface area (Å²) >= 11 is 1.51. The van der Waals surface area contributed by atoms with Gasteiger partial charge in [0.25, 0.3) is 0 Å². The minimum absolute atomic E-state index is 0.116. The second-order valence-electron chi connectivity index (χ2n) is 5.45. The van der Waals surface area contributed by atoms with Gasteiger partial charge in [0.15, 0.2) is 10.8 Å². The lowest BCUT2D eigenvalue weighted by Gasteiger charge is -2.28. The number of nitrogens with zero attached hydrogens (tertiary/aromatic N) is 3. The van der Waals surface area contributed by atoms with Crippen LogP contribution in [0.15, 0.2) is 29.6 Å². The molecule has 0 fully saturated rings. The smallest absolute Gasteiger partial charge is 0.323 e. The summed E-state index contributed by atoms with van der Waals surface area (Å²) in [6, 6.07) is 5.83. The topological polar surface area (TPSA) is 79.5 Å². The number of carboxylic acids is 1. The molecule has 0 aliphatic rings. The van der Waals surface area contributed by atoms with Crippen LogP contribution in [0.3, 0.4) is 0 Å². The highest BCUT2D eigenvalue weighted by Gasteiger charge is 2.33. The SMILES string of the molecule is CC(C)NC(C)(CCSc1nnc2ccccn12)C(=O)O. The van der Waals surface area contributed by atoms with Gasteiger partial charge in [-0.3, -0.25) is 14.5 Å². The van der Waals surface area contributed by atoms with E-state index >= 15 is 0 Å². The fraction of sp³-hybridized carbons (Fsp3) is 0.500. The third-order valence-corrected chi connectivity index (χ3v) is 4.14. The van der Waals surface area contributed by atoms with E-state index in [4.69, 9.17) is 0 Å². The molecule has 0 aromatic carbocycles. The van der Waals surface area contributed by atoms with Crippen LogP contribution in [-0.2, 0) is 4.79 Å². The summed E-state index contributed by atoms with van der Waals surface area (Å²) < 4.78 is 1.90. The molecule has 0 amide bonds. The van der Waals surface area contributed by atoms with Crippen molar-refractivity contribution in [2.75, 3.05) is 5.75 Å². The van der Waals surface area contributed by atoms with Gasteiger partial charge in [-0.25, -0.2) is 0 Å². The summed E-state index contributed by atoms with van der Waals surface area (Å²) in [5.74, 6) is -0.180. The molecule has 2 heterocycles. The van der Waals surface area contributed by atoms with E-state index in [1.165, 1.54) is 11.8 Å². The van der Waals surface area contributed by atoms with Gasteiger partial charge in [0.1, 0.15) is 5.54 Å². The Bertz CT molecular complexity index is 628.